The summed E-state index contributed by atoms with van der Waals surface area (Å²) >= 11 is 0. The fourth-order valence-corrected chi connectivity index (χ4v) is 4.09. The van der Waals surface area contributed by atoms with E-state index in [0.29, 0.717) is 26.1 Å². The molecule has 0 aromatic heterocycles. The lowest BCUT2D eigenvalue weighted by atomic mass is 9.91. The first-order valence-electron chi connectivity index (χ1n) is 10.1. The van der Waals surface area contributed by atoms with Crippen LogP contribution < -0.4 is 5.32 Å². The number of nitrogens with one attached hydrogen (secondary N) is 1. The Morgan fingerprint density at radius 3 is 2.75 bits per heavy atom. The van der Waals surface area contributed by atoms with Crippen LogP contribution >= 0.6 is 0 Å². The highest BCUT2D eigenvalue weighted by atomic mass is 16.5. The van der Waals surface area contributed by atoms with Gasteiger partial charge in [0.05, 0.1) is 12.0 Å². The van der Waals surface area contributed by atoms with Gasteiger partial charge in [0.1, 0.15) is 0 Å². The molecule has 3 rings (SSSR count). The van der Waals surface area contributed by atoms with Gasteiger partial charge in [0.2, 0.25) is 0 Å². The van der Waals surface area contributed by atoms with E-state index < -0.39 is 11.9 Å². The lowest BCUT2D eigenvalue weighted by Crippen LogP contribution is -2.51. The summed E-state index contributed by atoms with van der Waals surface area (Å²) in [4.78, 5) is 27.9. The highest BCUT2D eigenvalue weighted by Gasteiger charge is 2.32. The number of aliphatic carboxylic acids is 1. The molecule has 3 unspecified atom stereocenters. The molecule has 2 aliphatic rings. The Kier molecular flexibility index (Phi) is 7.28. The quantitative estimate of drug-likeness (QED) is 0.805. The van der Waals surface area contributed by atoms with Crippen LogP contribution in [0.15, 0.2) is 30.3 Å². The molecule has 1 aromatic carbocycles. The van der Waals surface area contributed by atoms with Crippen LogP contribution in [0.25, 0.3) is 0 Å². The van der Waals surface area contributed by atoms with Crippen molar-refractivity contribution >= 4 is 12.0 Å². The van der Waals surface area contributed by atoms with E-state index in [1.54, 1.807) is 4.90 Å². The van der Waals surface area contributed by atoms with E-state index in [4.69, 9.17) is 4.74 Å². The highest BCUT2D eigenvalue weighted by Crippen LogP contribution is 2.21. The van der Waals surface area contributed by atoms with Crippen LogP contribution in [-0.4, -0.2) is 72.3 Å². The highest BCUT2D eigenvalue weighted by molar-refractivity contribution is 5.76. The average molecular weight is 389 g/mol. The van der Waals surface area contributed by atoms with Gasteiger partial charge in [-0.15, -0.1) is 0 Å². The van der Waals surface area contributed by atoms with E-state index in [2.05, 4.69) is 22.3 Å². The Hall–Kier alpha value is -2.12. The lowest BCUT2D eigenvalue weighted by molar-refractivity contribution is -0.143. The van der Waals surface area contributed by atoms with Gasteiger partial charge >= 0.3 is 12.0 Å². The van der Waals surface area contributed by atoms with Gasteiger partial charge in [-0.05, 0) is 24.3 Å². The number of piperidine rings is 1. The molecular weight excluding hydrogens is 358 g/mol. The van der Waals surface area contributed by atoms with Gasteiger partial charge < -0.3 is 20.1 Å². The molecule has 2 saturated heterocycles. The van der Waals surface area contributed by atoms with E-state index in [9.17, 15) is 14.7 Å². The third kappa shape index (κ3) is 5.94. The first kappa shape index (κ1) is 20.6. The lowest BCUT2D eigenvalue weighted by Gasteiger charge is -2.35. The van der Waals surface area contributed by atoms with Gasteiger partial charge in [0, 0.05) is 45.9 Å². The number of hydrogen-bond acceptors (Lipinski definition) is 4. The average Bonchev–Trinajstić information content (AvgIpc) is 2.91. The second-order valence-corrected chi connectivity index (χ2v) is 8.03. The molecule has 2 N–H and O–H groups in total. The normalized spacial score (nSPS) is 26.5. The standard InChI is InChI=1S/C21H31N3O4/c1-16-10-18(20(25)26)14-24(12-16)21(27)22-11-19-15-23(8-5-9-28-19)13-17-6-3-2-4-7-17/h2-4,6-7,16,18-19H,5,8-15H2,1H3,(H,22,27)(H,25,26). The molecule has 2 amide bonds. The Morgan fingerprint density at radius 2 is 2.00 bits per heavy atom. The van der Waals surface area contributed by atoms with Crippen LogP contribution in [0.2, 0.25) is 0 Å². The molecule has 0 bridgehead atoms. The predicted molar refractivity (Wildman–Crippen MR) is 106 cm³/mol. The van der Waals surface area contributed by atoms with Crippen LogP contribution in [0.1, 0.15) is 25.3 Å². The number of benzene rings is 1. The maximum absolute atomic E-state index is 12.6. The van der Waals surface area contributed by atoms with Crippen molar-refractivity contribution in [2.24, 2.45) is 11.8 Å². The third-order valence-corrected chi connectivity index (χ3v) is 5.46. The summed E-state index contributed by atoms with van der Waals surface area (Å²) in [5.74, 6) is -1.12. The number of carboxylic acids is 1. The van der Waals surface area contributed by atoms with Gasteiger partial charge in [0.15, 0.2) is 0 Å². The molecule has 0 radical (unpaired) electrons. The molecule has 154 valence electrons. The van der Waals surface area contributed by atoms with Gasteiger partial charge in [0.25, 0.3) is 0 Å². The van der Waals surface area contributed by atoms with Crippen molar-refractivity contribution in [3.05, 3.63) is 35.9 Å². The molecule has 0 saturated carbocycles. The zero-order valence-electron chi connectivity index (χ0n) is 16.5. The van der Waals surface area contributed by atoms with E-state index in [-0.39, 0.29) is 24.6 Å². The molecule has 0 aliphatic carbocycles. The van der Waals surface area contributed by atoms with Gasteiger partial charge in [-0.2, -0.15) is 0 Å². The summed E-state index contributed by atoms with van der Waals surface area (Å²) in [5, 5.41) is 12.2. The van der Waals surface area contributed by atoms with Gasteiger partial charge in [-0.1, -0.05) is 37.3 Å². The summed E-state index contributed by atoms with van der Waals surface area (Å²) in [6.45, 7) is 6.61. The van der Waals surface area contributed by atoms with Crippen molar-refractivity contribution in [2.45, 2.75) is 32.4 Å². The van der Waals surface area contributed by atoms with E-state index >= 15 is 0 Å². The fourth-order valence-electron chi connectivity index (χ4n) is 4.09. The van der Waals surface area contributed by atoms with Crippen LogP contribution in [-0.2, 0) is 16.1 Å². The topological polar surface area (TPSA) is 82.1 Å². The number of amides is 2. The Labute approximate surface area is 166 Å². The minimum absolute atomic E-state index is 0.0624. The number of nitrogens with zero attached hydrogens (tertiary/aromatic N) is 2. The Balaban J connectivity index is 1.49. The Bertz CT molecular complexity index is 654. The van der Waals surface area contributed by atoms with Crippen molar-refractivity contribution in [3.63, 3.8) is 0 Å². The molecule has 2 fully saturated rings. The minimum atomic E-state index is -0.826. The van der Waals surface area contributed by atoms with Crippen molar-refractivity contribution < 1.29 is 19.4 Å². The summed E-state index contributed by atoms with van der Waals surface area (Å²) < 4.78 is 5.92. The van der Waals surface area contributed by atoms with Gasteiger partial charge in [-0.3, -0.25) is 9.69 Å². The number of carbonyl (C=O) groups is 2. The SMILES string of the molecule is CC1CC(C(=O)O)CN(C(=O)NCC2CN(Cc3ccccc3)CCCO2)C1. The van der Waals surface area contributed by atoms with Crippen molar-refractivity contribution in [1.82, 2.24) is 15.1 Å². The van der Waals surface area contributed by atoms with Gasteiger partial charge in [-0.25, -0.2) is 4.79 Å². The van der Waals surface area contributed by atoms with Crippen LogP contribution in [0.3, 0.4) is 0 Å². The first-order chi connectivity index (χ1) is 13.5. The number of carboxylic acid groups (broad SMARTS) is 1. The molecule has 7 nitrogen and oxygen atoms in total. The molecule has 7 heteroatoms. The summed E-state index contributed by atoms with van der Waals surface area (Å²) in [6.07, 6.45) is 1.54. The summed E-state index contributed by atoms with van der Waals surface area (Å²) in [7, 11) is 0. The van der Waals surface area contributed by atoms with E-state index in [1.165, 1.54) is 5.56 Å². The molecular formula is C21H31N3O4. The van der Waals surface area contributed by atoms with E-state index in [0.717, 1.165) is 26.1 Å². The summed E-state index contributed by atoms with van der Waals surface area (Å²) in [6, 6.07) is 10.2. The zero-order chi connectivity index (χ0) is 19.9. The Morgan fingerprint density at radius 1 is 1.21 bits per heavy atom. The number of ether oxygens (including phenoxy) is 1. The van der Waals surface area contributed by atoms with Crippen LogP contribution in [0.4, 0.5) is 4.79 Å². The smallest absolute Gasteiger partial charge is 0.317 e. The van der Waals surface area contributed by atoms with Crippen molar-refractivity contribution in [3.8, 4) is 0 Å². The second kappa shape index (κ2) is 9.89. The summed E-state index contributed by atoms with van der Waals surface area (Å²) in [5.41, 5.74) is 1.27. The maximum Gasteiger partial charge on any atom is 0.317 e. The maximum atomic E-state index is 12.6. The minimum Gasteiger partial charge on any atom is -0.481 e. The van der Waals surface area contributed by atoms with Crippen molar-refractivity contribution in [2.75, 3.05) is 39.3 Å². The molecule has 2 heterocycles. The number of rotatable bonds is 5. The number of carbonyl (C=O) groups excluding carboxylic acids is 1. The molecule has 0 spiro atoms. The number of urea groups is 1. The number of hydrogen-bond donors (Lipinski definition) is 2. The third-order valence-electron chi connectivity index (χ3n) is 5.46. The first-order valence-corrected chi connectivity index (χ1v) is 10.1. The number of likely N-dealkylation sites (tertiary alicyclic amines) is 1. The second-order valence-electron chi connectivity index (χ2n) is 8.03. The largest absolute Gasteiger partial charge is 0.481 e. The monoisotopic (exact) mass is 389 g/mol. The van der Waals surface area contributed by atoms with Crippen molar-refractivity contribution in [1.29, 1.82) is 0 Å². The molecule has 3 atom stereocenters. The van der Waals surface area contributed by atoms with E-state index in [1.807, 2.05) is 25.1 Å². The molecule has 28 heavy (non-hydrogen) atoms. The fraction of sp³-hybridized carbons (Fsp3) is 0.619. The molecule has 2 aliphatic heterocycles. The predicted octanol–water partition coefficient (Wildman–Crippen LogP) is 2.03. The molecule has 1 aromatic rings. The van der Waals surface area contributed by atoms with Crippen LogP contribution in [0, 0.1) is 11.8 Å². The van der Waals surface area contributed by atoms with Crippen LogP contribution in [0.5, 0.6) is 0 Å². The zero-order valence-corrected chi connectivity index (χ0v) is 16.5.